The van der Waals surface area contributed by atoms with Gasteiger partial charge in [0.2, 0.25) is 5.91 Å². The predicted octanol–water partition coefficient (Wildman–Crippen LogP) is 1.84. The quantitative estimate of drug-likeness (QED) is 0.782. The fourth-order valence-corrected chi connectivity index (χ4v) is 2.84. The second-order valence-electron chi connectivity index (χ2n) is 6.17. The van der Waals surface area contributed by atoms with Gasteiger partial charge in [-0.2, -0.15) is 0 Å². The van der Waals surface area contributed by atoms with Crippen LogP contribution < -0.4 is 0 Å². The molecule has 1 aromatic carbocycles. The first-order valence-electron chi connectivity index (χ1n) is 8.35. The number of rotatable bonds is 7. The van der Waals surface area contributed by atoms with Gasteiger partial charge in [0.25, 0.3) is 0 Å². The van der Waals surface area contributed by atoms with Crippen molar-refractivity contribution >= 4 is 5.91 Å². The molecule has 22 heavy (non-hydrogen) atoms. The van der Waals surface area contributed by atoms with E-state index in [0.717, 1.165) is 57.5 Å². The molecule has 1 aromatic rings. The summed E-state index contributed by atoms with van der Waals surface area (Å²) in [6.45, 7) is 7.06. The number of nitrogens with zero attached hydrogens (tertiary/aromatic N) is 2. The fourth-order valence-electron chi connectivity index (χ4n) is 2.84. The highest BCUT2D eigenvalue weighted by atomic mass is 16.2. The van der Waals surface area contributed by atoms with E-state index < -0.39 is 0 Å². The van der Waals surface area contributed by atoms with Gasteiger partial charge in [-0.15, -0.1) is 0 Å². The summed E-state index contributed by atoms with van der Waals surface area (Å²) in [6.07, 6.45) is 3.63. The summed E-state index contributed by atoms with van der Waals surface area (Å²) in [5.41, 5.74) is 2.33. The van der Waals surface area contributed by atoms with Gasteiger partial charge in [-0.25, -0.2) is 0 Å². The Kier molecular flexibility index (Phi) is 6.87. The molecule has 0 aliphatic carbocycles. The van der Waals surface area contributed by atoms with E-state index in [1.165, 1.54) is 5.56 Å². The molecule has 0 saturated carbocycles. The summed E-state index contributed by atoms with van der Waals surface area (Å²) in [5.74, 6) is 0.240. The number of carbonyl (C=O) groups excluding carboxylic acids is 1. The maximum absolute atomic E-state index is 12.3. The second kappa shape index (κ2) is 8.91. The SMILES string of the molecule is Cc1ccc(CC(=O)N2CCN(CCCCCO)CC2)cc1. The third kappa shape index (κ3) is 5.43. The van der Waals surface area contributed by atoms with E-state index in [2.05, 4.69) is 24.0 Å². The number of amides is 1. The Labute approximate surface area is 133 Å². The lowest BCUT2D eigenvalue weighted by atomic mass is 10.1. The van der Waals surface area contributed by atoms with Crippen molar-refractivity contribution in [1.29, 1.82) is 0 Å². The summed E-state index contributed by atoms with van der Waals surface area (Å²) in [6, 6.07) is 8.22. The van der Waals surface area contributed by atoms with E-state index in [0.29, 0.717) is 13.0 Å². The van der Waals surface area contributed by atoms with Crippen molar-refractivity contribution in [2.24, 2.45) is 0 Å². The highest BCUT2D eigenvalue weighted by Crippen LogP contribution is 2.09. The van der Waals surface area contributed by atoms with Gasteiger partial charge in [0, 0.05) is 32.8 Å². The lowest BCUT2D eigenvalue weighted by molar-refractivity contribution is -0.132. The van der Waals surface area contributed by atoms with Gasteiger partial charge in [-0.3, -0.25) is 9.69 Å². The minimum atomic E-state index is 0.240. The smallest absolute Gasteiger partial charge is 0.227 e. The minimum absolute atomic E-state index is 0.240. The van der Waals surface area contributed by atoms with E-state index in [1.54, 1.807) is 0 Å². The first-order valence-corrected chi connectivity index (χ1v) is 8.35. The molecule has 0 atom stereocenters. The minimum Gasteiger partial charge on any atom is -0.396 e. The summed E-state index contributed by atoms with van der Waals surface area (Å²) in [7, 11) is 0. The van der Waals surface area contributed by atoms with Gasteiger partial charge >= 0.3 is 0 Å². The zero-order chi connectivity index (χ0) is 15.8. The predicted molar refractivity (Wildman–Crippen MR) is 88.8 cm³/mol. The van der Waals surface area contributed by atoms with Crippen LogP contribution in [-0.4, -0.2) is 60.1 Å². The van der Waals surface area contributed by atoms with Crippen molar-refractivity contribution in [2.45, 2.75) is 32.6 Å². The van der Waals surface area contributed by atoms with Crippen LogP contribution in [0.15, 0.2) is 24.3 Å². The Balaban J connectivity index is 1.69. The lowest BCUT2D eigenvalue weighted by Gasteiger charge is -2.34. The number of unbranched alkanes of at least 4 members (excludes halogenated alkanes) is 2. The molecule has 1 heterocycles. The Bertz CT molecular complexity index is 451. The molecule has 2 rings (SSSR count). The first-order chi connectivity index (χ1) is 10.7. The molecule has 0 unspecified atom stereocenters. The average Bonchev–Trinajstić information content (AvgIpc) is 2.54. The zero-order valence-electron chi connectivity index (χ0n) is 13.6. The second-order valence-corrected chi connectivity index (χ2v) is 6.17. The number of carbonyl (C=O) groups is 1. The maximum atomic E-state index is 12.3. The van der Waals surface area contributed by atoms with E-state index in [9.17, 15) is 4.79 Å². The van der Waals surface area contributed by atoms with Gasteiger partial charge in [-0.05, 0) is 38.3 Å². The Morgan fingerprint density at radius 2 is 1.73 bits per heavy atom. The van der Waals surface area contributed by atoms with Gasteiger partial charge in [0.1, 0.15) is 0 Å². The molecule has 0 aromatic heterocycles. The van der Waals surface area contributed by atoms with Crippen molar-refractivity contribution in [3.63, 3.8) is 0 Å². The number of benzene rings is 1. The number of hydrogen-bond donors (Lipinski definition) is 1. The number of aliphatic hydroxyl groups is 1. The summed E-state index contributed by atoms with van der Waals surface area (Å²) in [4.78, 5) is 16.8. The number of hydrogen-bond acceptors (Lipinski definition) is 3. The Hall–Kier alpha value is -1.39. The van der Waals surface area contributed by atoms with E-state index in [4.69, 9.17) is 5.11 Å². The van der Waals surface area contributed by atoms with Crippen LogP contribution >= 0.6 is 0 Å². The highest BCUT2D eigenvalue weighted by molar-refractivity contribution is 5.78. The van der Waals surface area contributed by atoms with Crippen LogP contribution in [0.5, 0.6) is 0 Å². The van der Waals surface area contributed by atoms with Gasteiger partial charge < -0.3 is 10.0 Å². The first kappa shape index (κ1) is 17.0. The molecule has 4 nitrogen and oxygen atoms in total. The normalized spacial score (nSPS) is 16.0. The average molecular weight is 304 g/mol. The molecule has 4 heteroatoms. The Morgan fingerprint density at radius 3 is 2.36 bits per heavy atom. The molecule has 1 N–H and O–H groups in total. The monoisotopic (exact) mass is 304 g/mol. The molecule has 1 saturated heterocycles. The van der Waals surface area contributed by atoms with Crippen molar-refractivity contribution in [2.75, 3.05) is 39.3 Å². The number of aliphatic hydroxyl groups excluding tert-OH is 1. The van der Waals surface area contributed by atoms with E-state index in [-0.39, 0.29) is 5.91 Å². The summed E-state index contributed by atoms with van der Waals surface area (Å²) >= 11 is 0. The maximum Gasteiger partial charge on any atom is 0.227 e. The molecule has 0 bridgehead atoms. The van der Waals surface area contributed by atoms with Crippen LogP contribution in [0.1, 0.15) is 30.4 Å². The standard InChI is InChI=1S/C18H28N2O2/c1-16-5-7-17(8-6-16)15-18(22)20-12-10-19(11-13-20)9-3-2-4-14-21/h5-8,21H,2-4,9-15H2,1H3. The van der Waals surface area contributed by atoms with Crippen molar-refractivity contribution in [1.82, 2.24) is 9.80 Å². The molecule has 1 amide bonds. The lowest BCUT2D eigenvalue weighted by Crippen LogP contribution is -2.49. The van der Waals surface area contributed by atoms with Gasteiger partial charge in [0.05, 0.1) is 6.42 Å². The number of piperazine rings is 1. The molecule has 1 aliphatic heterocycles. The van der Waals surface area contributed by atoms with Crippen molar-refractivity contribution in [3.05, 3.63) is 35.4 Å². The molecular formula is C18H28N2O2. The molecular weight excluding hydrogens is 276 g/mol. The molecule has 0 radical (unpaired) electrons. The topological polar surface area (TPSA) is 43.8 Å². The number of aryl methyl sites for hydroxylation is 1. The summed E-state index contributed by atoms with van der Waals surface area (Å²) in [5, 5.41) is 8.78. The Morgan fingerprint density at radius 1 is 1.05 bits per heavy atom. The third-order valence-corrected chi connectivity index (χ3v) is 4.33. The van der Waals surface area contributed by atoms with Crippen LogP contribution in [0, 0.1) is 6.92 Å². The third-order valence-electron chi connectivity index (χ3n) is 4.33. The van der Waals surface area contributed by atoms with Crippen LogP contribution in [-0.2, 0) is 11.2 Å². The van der Waals surface area contributed by atoms with Gasteiger partial charge in [0.15, 0.2) is 0 Å². The van der Waals surface area contributed by atoms with Crippen LogP contribution in [0.2, 0.25) is 0 Å². The van der Waals surface area contributed by atoms with Gasteiger partial charge in [-0.1, -0.05) is 29.8 Å². The molecule has 0 spiro atoms. The largest absolute Gasteiger partial charge is 0.396 e. The molecule has 1 fully saturated rings. The van der Waals surface area contributed by atoms with E-state index in [1.807, 2.05) is 17.0 Å². The van der Waals surface area contributed by atoms with Crippen LogP contribution in [0.25, 0.3) is 0 Å². The molecule has 122 valence electrons. The molecule has 1 aliphatic rings. The van der Waals surface area contributed by atoms with E-state index >= 15 is 0 Å². The summed E-state index contributed by atoms with van der Waals surface area (Å²) < 4.78 is 0. The van der Waals surface area contributed by atoms with Crippen LogP contribution in [0.3, 0.4) is 0 Å². The van der Waals surface area contributed by atoms with Crippen LogP contribution in [0.4, 0.5) is 0 Å². The highest BCUT2D eigenvalue weighted by Gasteiger charge is 2.20. The fraction of sp³-hybridized carbons (Fsp3) is 0.611. The van der Waals surface area contributed by atoms with Crippen molar-refractivity contribution in [3.8, 4) is 0 Å². The zero-order valence-corrected chi connectivity index (χ0v) is 13.6. The van der Waals surface area contributed by atoms with Crippen molar-refractivity contribution < 1.29 is 9.90 Å².